The Hall–Kier alpha value is -4.61. The fraction of sp³-hybridized carbons (Fsp3) is 0.355. The van der Waals surface area contributed by atoms with Crippen molar-refractivity contribution in [2.75, 3.05) is 7.11 Å². The fourth-order valence-electron chi connectivity index (χ4n) is 4.43. The lowest BCUT2D eigenvalue weighted by Crippen LogP contribution is -2.30. The lowest BCUT2D eigenvalue weighted by molar-refractivity contribution is -0.192. The van der Waals surface area contributed by atoms with E-state index in [1.165, 1.54) is 0 Å². The third-order valence-corrected chi connectivity index (χ3v) is 6.76. The molecule has 4 rings (SSSR count). The highest BCUT2D eigenvalue weighted by Crippen LogP contribution is 2.26. The van der Waals surface area contributed by atoms with Gasteiger partial charge in [0.15, 0.2) is 0 Å². The molecule has 0 aliphatic carbocycles. The summed E-state index contributed by atoms with van der Waals surface area (Å²) in [4.78, 5) is 44.9. The predicted octanol–water partition coefficient (Wildman–Crippen LogP) is 6.53. The van der Waals surface area contributed by atoms with E-state index in [1.807, 2.05) is 67.8 Å². The average Bonchev–Trinajstić information content (AvgIpc) is 3.64. The van der Waals surface area contributed by atoms with E-state index < -0.39 is 12.1 Å². The van der Waals surface area contributed by atoms with Gasteiger partial charge in [-0.05, 0) is 42.2 Å². The van der Waals surface area contributed by atoms with Crippen molar-refractivity contribution in [3.8, 4) is 17.0 Å². The zero-order valence-corrected chi connectivity index (χ0v) is 24.0. The minimum atomic E-state index is -5.08. The lowest BCUT2D eigenvalue weighted by atomic mass is 10.0. The molecule has 0 saturated carbocycles. The third-order valence-electron chi connectivity index (χ3n) is 6.76. The Bertz CT molecular complexity index is 1500. The number of ether oxygens (including phenoxy) is 1. The quantitative estimate of drug-likeness (QED) is 0.129. The van der Waals surface area contributed by atoms with Crippen molar-refractivity contribution in [3.05, 3.63) is 72.3 Å². The molecular formula is C31H35F3N4O5. The first-order valence-corrected chi connectivity index (χ1v) is 13.9. The van der Waals surface area contributed by atoms with Crippen molar-refractivity contribution in [2.45, 2.75) is 64.1 Å². The first kappa shape index (κ1) is 32.9. The number of hydrogen-bond acceptors (Lipinski definition) is 5. The van der Waals surface area contributed by atoms with Gasteiger partial charge in [0.25, 0.3) is 0 Å². The molecule has 0 saturated heterocycles. The monoisotopic (exact) mass is 600 g/mol. The van der Waals surface area contributed by atoms with Crippen LogP contribution in [0.5, 0.6) is 5.75 Å². The molecule has 0 fully saturated rings. The first-order chi connectivity index (χ1) is 20.5. The average molecular weight is 601 g/mol. The Morgan fingerprint density at radius 2 is 1.79 bits per heavy atom. The molecule has 1 atom stereocenters. The molecule has 4 N–H and O–H groups in total. The number of rotatable bonds is 13. The van der Waals surface area contributed by atoms with Crippen LogP contribution in [0.15, 0.2) is 60.9 Å². The second kappa shape index (κ2) is 15.6. The molecule has 1 amide bonds. The number of halogens is 3. The largest absolute Gasteiger partial charge is 0.497 e. The molecule has 9 nitrogen and oxygen atoms in total. The third kappa shape index (κ3) is 10.0. The van der Waals surface area contributed by atoms with E-state index in [0.717, 1.165) is 65.0 Å². The molecule has 2 aromatic carbocycles. The van der Waals surface area contributed by atoms with Crippen molar-refractivity contribution < 1.29 is 37.4 Å². The van der Waals surface area contributed by atoms with Crippen LogP contribution in [0, 0.1) is 0 Å². The number of benzene rings is 2. The molecule has 0 spiro atoms. The number of carboxylic acid groups (broad SMARTS) is 1. The number of methoxy groups -OCH3 is 1. The van der Waals surface area contributed by atoms with Gasteiger partial charge in [-0.25, -0.2) is 9.78 Å². The number of alkyl halides is 3. The van der Waals surface area contributed by atoms with Gasteiger partial charge in [0.05, 0.1) is 31.5 Å². The lowest BCUT2D eigenvalue weighted by Gasteiger charge is -2.17. The number of fused-ring (bicyclic) bond motifs is 1. The van der Waals surface area contributed by atoms with Crippen molar-refractivity contribution in [1.82, 2.24) is 20.3 Å². The molecule has 43 heavy (non-hydrogen) atoms. The summed E-state index contributed by atoms with van der Waals surface area (Å²) in [6.07, 6.45) is 3.53. The van der Waals surface area contributed by atoms with E-state index >= 15 is 0 Å². The van der Waals surface area contributed by atoms with Crippen molar-refractivity contribution in [3.63, 3.8) is 0 Å². The van der Waals surface area contributed by atoms with Crippen LogP contribution in [-0.4, -0.2) is 51.0 Å². The Morgan fingerprint density at radius 1 is 1.07 bits per heavy atom. The van der Waals surface area contributed by atoms with Gasteiger partial charge in [0.1, 0.15) is 17.4 Å². The first-order valence-electron chi connectivity index (χ1n) is 13.9. The minimum absolute atomic E-state index is 0.0671. The van der Waals surface area contributed by atoms with Crippen molar-refractivity contribution >= 4 is 28.6 Å². The number of nitrogens with zero attached hydrogens (tertiary/aromatic N) is 1. The highest BCUT2D eigenvalue weighted by molar-refractivity contribution is 5.89. The number of hydrogen-bond donors (Lipinski definition) is 4. The summed E-state index contributed by atoms with van der Waals surface area (Å²) in [5.41, 5.74) is 3.85. The summed E-state index contributed by atoms with van der Waals surface area (Å²) < 4.78 is 37.1. The van der Waals surface area contributed by atoms with Crippen LogP contribution in [0.2, 0.25) is 0 Å². The maximum atomic E-state index is 13.1. The zero-order valence-electron chi connectivity index (χ0n) is 24.0. The normalized spacial score (nSPS) is 11.8. The number of amides is 1. The fourth-order valence-corrected chi connectivity index (χ4v) is 4.43. The van der Waals surface area contributed by atoms with Crippen LogP contribution in [0.25, 0.3) is 22.2 Å². The van der Waals surface area contributed by atoms with Gasteiger partial charge >= 0.3 is 12.1 Å². The van der Waals surface area contributed by atoms with Gasteiger partial charge in [-0.2, -0.15) is 13.2 Å². The Labute approximate surface area is 246 Å². The number of carbonyl (C=O) groups is 3. The highest BCUT2D eigenvalue weighted by atomic mass is 19.4. The van der Waals surface area contributed by atoms with E-state index in [9.17, 15) is 22.8 Å². The van der Waals surface area contributed by atoms with E-state index in [-0.39, 0.29) is 18.4 Å². The highest BCUT2D eigenvalue weighted by Gasteiger charge is 2.38. The number of carboxylic acids is 1. The number of unbranched alkanes of at least 4 members (excludes halogenated alkanes) is 2. The van der Waals surface area contributed by atoms with E-state index in [0.29, 0.717) is 18.6 Å². The maximum absolute atomic E-state index is 13.1. The van der Waals surface area contributed by atoms with Crippen LogP contribution < -0.4 is 10.1 Å². The number of aromatic amines is 2. The minimum Gasteiger partial charge on any atom is -0.497 e. The number of ketones is 1. The molecule has 2 heterocycles. The molecule has 4 aromatic rings. The smallest absolute Gasteiger partial charge is 0.490 e. The summed E-state index contributed by atoms with van der Waals surface area (Å²) >= 11 is 0. The standard InChI is InChI=1S/C29H34N4O3.C2HF3O2/c1-3-22(34)12-8-5-9-13-26(29-31-19-27(33-29)20-10-6-4-7-11-20)32-28(35)16-21-18-30-25-15-14-23(36-2)17-24(21)25;3-2(4,5)1(6)7/h4,6-7,10-11,14-15,17-19,26,30H,3,5,8-9,12-13,16H2,1-2H3,(H,31,33)(H,32,35);(H,6,7)/t26-;/m0./s1. The predicted molar refractivity (Wildman–Crippen MR) is 156 cm³/mol. The second-order valence-electron chi connectivity index (χ2n) is 9.86. The van der Waals surface area contributed by atoms with Crippen molar-refractivity contribution in [2.24, 2.45) is 0 Å². The second-order valence-corrected chi connectivity index (χ2v) is 9.86. The van der Waals surface area contributed by atoms with Gasteiger partial charge in [-0.3, -0.25) is 9.59 Å². The molecule has 12 heteroatoms. The van der Waals surface area contributed by atoms with Gasteiger partial charge in [0.2, 0.25) is 5.91 Å². The van der Waals surface area contributed by atoms with Gasteiger partial charge in [-0.1, -0.05) is 50.1 Å². The number of aliphatic carboxylic acids is 1. The molecule has 230 valence electrons. The Morgan fingerprint density at radius 3 is 2.44 bits per heavy atom. The van der Waals surface area contributed by atoms with Crippen LogP contribution in [0.1, 0.15) is 62.9 Å². The van der Waals surface area contributed by atoms with Crippen LogP contribution in [0.3, 0.4) is 0 Å². The van der Waals surface area contributed by atoms with Crippen LogP contribution in [-0.2, 0) is 20.8 Å². The number of nitrogens with one attached hydrogen (secondary N) is 3. The van der Waals surface area contributed by atoms with E-state index in [2.05, 4.69) is 20.3 Å². The number of imidazole rings is 1. The van der Waals surface area contributed by atoms with Crippen molar-refractivity contribution in [1.29, 1.82) is 0 Å². The van der Waals surface area contributed by atoms with Gasteiger partial charge in [0, 0.05) is 29.9 Å². The molecule has 0 unspecified atom stereocenters. The zero-order chi connectivity index (χ0) is 31.4. The van der Waals surface area contributed by atoms with Gasteiger partial charge in [-0.15, -0.1) is 0 Å². The molecule has 0 aliphatic rings. The molecule has 2 aromatic heterocycles. The summed E-state index contributed by atoms with van der Waals surface area (Å²) in [6.45, 7) is 1.90. The number of Topliss-reactive ketones (excluding diaryl/α,β-unsaturated/α-hetero) is 1. The number of aromatic nitrogens is 3. The molecule has 0 bridgehead atoms. The summed E-state index contributed by atoms with van der Waals surface area (Å²) in [6, 6.07) is 15.6. The van der Waals surface area contributed by atoms with Crippen LogP contribution in [0.4, 0.5) is 13.2 Å². The van der Waals surface area contributed by atoms with E-state index in [1.54, 1.807) is 7.11 Å². The van der Waals surface area contributed by atoms with E-state index in [4.69, 9.17) is 14.6 Å². The maximum Gasteiger partial charge on any atom is 0.490 e. The summed E-state index contributed by atoms with van der Waals surface area (Å²) in [5, 5.41) is 11.3. The Balaban J connectivity index is 0.000000646. The molecular weight excluding hydrogens is 565 g/mol. The number of carbonyl (C=O) groups excluding carboxylic acids is 2. The summed E-state index contributed by atoms with van der Waals surface area (Å²) in [7, 11) is 1.63. The molecule has 0 radical (unpaired) electrons. The topological polar surface area (TPSA) is 137 Å². The summed E-state index contributed by atoms with van der Waals surface area (Å²) in [5.74, 6) is -1.02. The Kier molecular flexibility index (Phi) is 11.9. The molecule has 0 aliphatic heterocycles. The number of H-pyrrole nitrogens is 2. The van der Waals surface area contributed by atoms with Crippen LogP contribution >= 0.6 is 0 Å². The SMILES string of the molecule is CCC(=O)CCCCC[C@H](NC(=O)Cc1c[nH]c2ccc(OC)cc12)c1ncc(-c2ccccc2)[nH]1.O=C(O)C(F)(F)F. The van der Waals surface area contributed by atoms with Gasteiger partial charge < -0.3 is 25.1 Å².